The molecule has 1 fully saturated rings. The summed E-state index contributed by atoms with van der Waals surface area (Å²) in [6, 6.07) is 5.82. The molecule has 1 aliphatic carbocycles. The Morgan fingerprint density at radius 1 is 1.26 bits per heavy atom. The van der Waals surface area contributed by atoms with E-state index in [4.69, 9.17) is 14.3 Å². The van der Waals surface area contributed by atoms with Crippen LogP contribution in [0.25, 0.3) is 5.57 Å². The molecule has 3 rings (SSSR count). The van der Waals surface area contributed by atoms with Crippen molar-refractivity contribution in [3.63, 3.8) is 0 Å². The molecular formula is C21H27NO5. The molecule has 1 aromatic carbocycles. The smallest absolute Gasteiger partial charge is 0.314 e. The van der Waals surface area contributed by atoms with Crippen LogP contribution in [-0.2, 0) is 23.9 Å². The maximum absolute atomic E-state index is 13.3. The number of ether oxygens (including phenoxy) is 2. The number of rotatable bonds is 6. The molecule has 6 nitrogen and oxygen atoms in total. The molecule has 0 radical (unpaired) electrons. The number of benzene rings is 1. The number of carbonyl (C=O) groups excluding carboxylic acids is 2. The monoisotopic (exact) mass is 373 g/mol. The summed E-state index contributed by atoms with van der Waals surface area (Å²) in [7, 11) is 1.49. The first-order valence-electron chi connectivity index (χ1n) is 9.19. The van der Waals surface area contributed by atoms with Gasteiger partial charge in [0, 0.05) is 7.11 Å². The van der Waals surface area contributed by atoms with E-state index in [0.717, 1.165) is 23.1 Å². The number of nitrogens with zero attached hydrogens (tertiary/aromatic N) is 1. The van der Waals surface area contributed by atoms with E-state index in [1.807, 2.05) is 39.0 Å². The molecule has 1 saturated carbocycles. The Bertz CT molecular complexity index is 791. The quantitative estimate of drug-likeness (QED) is 0.565. The Hall–Kier alpha value is -2.18. The average molecular weight is 373 g/mol. The van der Waals surface area contributed by atoms with Crippen LogP contribution in [0.4, 0.5) is 0 Å². The second kappa shape index (κ2) is 7.09. The number of carbonyl (C=O) groups is 2. The first-order valence-corrected chi connectivity index (χ1v) is 9.19. The number of amides is 1. The molecule has 146 valence electrons. The highest BCUT2D eigenvalue weighted by molar-refractivity contribution is 6.23. The largest absolute Gasteiger partial charge is 0.427 e. The van der Waals surface area contributed by atoms with Gasteiger partial charge in [-0.25, -0.2) is 9.90 Å². The molecular weight excluding hydrogens is 346 g/mol. The summed E-state index contributed by atoms with van der Waals surface area (Å²) in [5.41, 5.74) is 2.11. The number of methoxy groups -OCH3 is 1. The highest BCUT2D eigenvalue weighted by Crippen LogP contribution is 2.45. The predicted molar refractivity (Wildman–Crippen MR) is 100 cm³/mol. The van der Waals surface area contributed by atoms with E-state index in [2.05, 4.69) is 0 Å². The molecule has 2 unspecified atom stereocenters. The first-order chi connectivity index (χ1) is 12.7. The van der Waals surface area contributed by atoms with Crippen molar-refractivity contribution < 1.29 is 23.9 Å². The van der Waals surface area contributed by atoms with Crippen molar-refractivity contribution in [1.82, 2.24) is 5.06 Å². The minimum absolute atomic E-state index is 0.0733. The fraction of sp³-hybridized carbons (Fsp3) is 0.524. The summed E-state index contributed by atoms with van der Waals surface area (Å²) in [5.74, 6) is -0.0544. The molecule has 0 N–H and O–H groups in total. The zero-order valence-electron chi connectivity index (χ0n) is 16.8. The van der Waals surface area contributed by atoms with Crippen LogP contribution in [-0.4, -0.2) is 36.4 Å². The van der Waals surface area contributed by atoms with Crippen LogP contribution in [0.1, 0.15) is 43.9 Å². The third kappa shape index (κ3) is 3.39. The minimum atomic E-state index is -0.937. The van der Waals surface area contributed by atoms with Crippen LogP contribution < -0.4 is 0 Å². The Kier molecular flexibility index (Phi) is 5.14. The summed E-state index contributed by atoms with van der Waals surface area (Å²) in [6.07, 6.45) is 0.823. The van der Waals surface area contributed by atoms with Gasteiger partial charge in [-0.15, -0.1) is 0 Å². The van der Waals surface area contributed by atoms with E-state index in [1.165, 1.54) is 12.2 Å². The molecule has 0 saturated heterocycles. The molecule has 1 amide bonds. The lowest BCUT2D eigenvalue weighted by molar-refractivity contribution is -0.239. The van der Waals surface area contributed by atoms with E-state index in [0.29, 0.717) is 17.3 Å². The zero-order chi connectivity index (χ0) is 19.9. The standard InChI is InChI=1S/C21H27NO5/c1-12-8-7-9-13(2)16(12)17-18(27-20(24)15-10-14(15)3)21(4,5)22(19(17)23)26-11-25-6/h7-9,14-15H,10-11H2,1-6H3. The average Bonchev–Trinajstić information content (AvgIpc) is 3.29. The minimum Gasteiger partial charge on any atom is -0.427 e. The molecule has 1 aromatic rings. The summed E-state index contributed by atoms with van der Waals surface area (Å²) < 4.78 is 10.8. The molecule has 2 atom stereocenters. The van der Waals surface area contributed by atoms with Crippen molar-refractivity contribution in [3.8, 4) is 0 Å². The van der Waals surface area contributed by atoms with Crippen LogP contribution in [0.2, 0.25) is 0 Å². The second-order valence-corrected chi connectivity index (χ2v) is 7.91. The molecule has 1 aliphatic heterocycles. The van der Waals surface area contributed by atoms with Gasteiger partial charge >= 0.3 is 5.97 Å². The summed E-state index contributed by atoms with van der Waals surface area (Å²) >= 11 is 0. The van der Waals surface area contributed by atoms with E-state index < -0.39 is 5.54 Å². The van der Waals surface area contributed by atoms with E-state index in [-0.39, 0.29) is 24.6 Å². The molecule has 27 heavy (non-hydrogen) atoms. The third-order valence-corrected chi connectivity index (χ3v) is 5.33. The van der Waals surface area contributed by atoms with Gasteiger partial charge in [0.05, 0.1) is 11.5 Å². The van der Waals surface area contributed by atoms with Gasteiger partial charge in [-0.2, -0.15) is 0 Å². The van der Waals surface area contributed by atoms with Crippen molar-refractivity contribution in [1.29, 1.82) is 0 Å². The highest BCUT2D eigenvalue weighted by atomic mass is 16.8. The maximum atomic E-state index is 13.3. The molecule has 0 aromatic heterocycles. The Balaban J connectivity index is 2.10. The van der Waals surface area contributed by atoms with Crippen molar-refractivity contribution in [2.75, 3.05) is 13.9 Å². The number of aryl methyl sites for hydroxylation is 2. The molecule has 0 spiro atoms. The Labute approximate surface area is 160 Å². The fourth-order valence-electron chi connectivity index (χ4n) is 3.61. The molecule has 2 aliphatic rings. The van der Waals surface area contributed by atoms with Crippen molar-refractivity contribution in [2.24, 2.45) is 11.8 Å². The van der Waals surface area contributed by atoms with Gasteiger partial charge in [-0.05, 0) is 56.7 Å². The topological polar surface area (TPSA) is 65.1 Å². The van der Waals surface area contributed by atoms with Gasteiger partial charge in [-0.1, -0.05) is 25.1 Å². The van der Waals surface area contributed by atoms with Crippen LogP contribution in [0.15, 0.2) is 24.0 Å². The SMILES string of the molecule is COCON1C(=O)C(c2c(C)cccc2C)=C(OC(=O)C2CC2C)C1(C)C. The van der Waals surface area contributed by atoms with E-state index in [9.17, 15) is 9.59 Å². The number of hydrogen-bond donors (Lipinski definition) is 0. The molecule has 1 heterocycles. The Morgan fingerprint density at radius 3 is 2.37 bits per heavy atom. The highest BCUT2D eigenvalue weighted by Gasteiger charge is 2.52. The molecule has 0 bridgehead atoms. The van der Waals surface area contributed by atoms with Crippen LogP contribution >= 0.6 is 0 Å². The lowest BCUT2D eigenvalue weighted by Crippen LogP contribution is -2.44. The predicted octanol–water partition coefficient (Wildman–Crippen LogP) is 3.37. The van der Waals surface area contributed by atoms with Crippen molar-refractivity contribution in [2.45, 2.75) is 46.6 Å². The van der Waals surface area contributed by atoms with Crippen LogP contribution in [0.5, 0.6) is 0 Å². The van der Waals surface area contributed by atoms with Gasteiger partial charge in [0.2, 0.25) is 0 Å². The maximum Gasteiger partial charge on any atom is 0.314 e. The zero-order valence-corrected chi connectivity index (χ0v) is 16.8. The number of hydroxylamine groups is 2. The Morgan fingerprint density at radius 2 is 1.85 bits per heavy atom. The molecule has 6 heteroatoms. The fourth-order valence-corrected chi connectivity index (χ4v) is 3.61. The lowest BCUT2D eigenvalue weighted by Gasteiger charge is -2.31. The van der Waals surface area contributed by atoms with E-state index in [1.54, 1.807) is 13.8 Å². The number of hydrogen-bond acceptors (Lipinski definition) is 5. The van der Waals surface area contributed by atoms with Crippen molar-refractivity contribution in [3.05, 3.63) is 40.6 Å². The van der Waals surface area contributed by atoms with E-state index >= 15 is 0 Å². The number of esters is 1. The summed E-state index contributed by atoms with van der Waals surface area (Å²) in [6.45, 7) is 9.44. The summed E-state index contributed by atoms with van der Waals surface area (Å²) in [5, 5.41) is 1.25. The lowest BCUT2D eigenvalue weighted by atomic mass is 9.93. The third-order valence-electron chi connectivity index (χ3n) is 5.33. The van der Waals surface area contributed by atoms with Gasteiger partial charge in [0.1, 0.15) is 11.3 Å². The van der Waals surface area contributed by atoms with Crippen LogP contribution in [0.3, 0.4) is 0 Å². The van der Waals surface area contributed by atoms with Gasteiger partial charge in [-0.3, -0.25) is 9.59 Å². The van der Waals surface area contributed by atoms with Gasteiger partial charge in [0.25, 0.3) is 5.91 Å². The summed E-state index contributed by atoms with van der Waals surface area (Å²) in [4.78, 5) is 31.4. The van der Waals surface area contributed by atoms with Crippen LogP contribution in [0, 0.1) is 25.7 Å². The first kappa shape index (κ1) is 19.6. The normalized spacial score (nSPS) is 23.8. The van der Waals surface area contributed by atoms with Gasteiger partial charge < -0.3 is 9.47 Å². The second-order valence-electron chi connectivity index (χ2n) is 7.91. The van der Waals surface area contributed by atoms with Crippen molar-refractivity contribution >= 4 is 17.4 Å². The van der Waals surface area contributed by atoms with Gasteiger partial charge in [0.15, 0.2) is 6.79 Å².